The van der Waals surface area contributed by atoms with Crippen molar-refractivity contribution in [2.24, 2.45) is 0 Å². The van der Waals surface area contributed by atoms with E-state index in [1.807, 2.05) is 0 Å². The van der Waals surface area contributed by atoms with Gasteiger partial charge in [-0.05, 0) is 0 Å². The van der Waals surface area contributed by atoms with Crippen LogP contribution in [0, 0.1) is 0 Å². The van der Waals surface area contributed by atoms with Crippen LogP contribution in [0.2, 0.25) is 0 Å². The molecule has 0 bridgehead atoms. The van der Waals surface area contributed by atoms with Crippen molar-refractivity contribution >= 4 is 23.9 Å². The van der Waals surface area contributed by atoms with Gasteiger partial charge in [0.15, 0.2) is 0 Å². The molecule has 0 amide bonds. The van der Waals surface area contributed by atoms with Gasteiger partial charge in [0.1, 0.15) is 0 Å². The molecule has 0 unspecified atom stereocenters. The maximum atomic E-state index is 9.33. The molecule has 12 nitrogen and oxygen atoms in total. The molecule has 0 aromatic rings. The van der Waals surface area contributed by atoms with Crippen molar-refractivity contribution in [3.05, 3.63) is 0 Å². The van der Waals surface area contributed by atoms with Gasteiger partial charge in [0.05, 0.1) is 0 Å². The van der Waals surface area contributed by atoms with Gasteiger partial charge in [-0.3, -0.25) is 0 Å². The molecule has 144 valence electrons. The van der Waals surface area contributed by atoms with Crippen molar-refractivity contribution < 1.29 is 81.7 Å². The molecule has 0 radical (unpaired) electrons. The smallest absolute Gasteiger partial charge is 0.550 e. The van der Waals surface area contributed by atoms with E-state index in [4.69, 9.17) is 20.4 Å². The quantitative estimate of drug-likeness (QED) is 0.276. The molecule has 0 atom stereocenters. The molecule has 4 N–H and O–H groups in total. The van der Waals surface area contributed by atoms with Crippen LogP contribution in [-0.2, 0) is 40.9 Å². The minimum Gasteiger partial charge on any atom is -0.550 e. The first-order chi connectivity index (χ1) is 11.1. The molecular formula is C12H20O12Ti. The first kappa shape index (κ1) is 34.7. The van der Waals surface area contributed by atoms with Crippen LogP contribution in [0.15, 0.2) is 0 Å². The molecule has 0 heterocycles. The minimum atomic E-state index is -1.21. The molecular weight excluding hydrogens is 384 g/mol. The van der Waals surface area contributed by atoms with E-state index in [9.17, 15) is 39.6 Å². The molecule has 0 aliphatic heterocycles. The Morgan fingerprint density at radius 2 is 0.600 bits per heavy atom. The van der Waals surface area contributed by atoms with Gasteiger partial charge in [-0.1, -0.05) is 0 Å². The summed E-state index contributed by atoms with van der Waals surface area (Å²) < 4.78 is 0. The maximum absolute atomic E-state index is 9.33. The van der Waals surface area contributed by atoms with Crippen molar-refractivity contribution in [1.29, 1.82) is 0 Å². The number of aliphatic hydroxyl groups is 4. The fraction of sp³-hybridized carbons (Fsp3) is 0.667. The van der Waals surface area contributed by atoms with Crippen LogP contribution in [0.4, 0.5) is 0 Å². The zero-order valence-corrected chi connectivity index (χ0v) is 14.8. The summed E-state index contributed by atoms with van der Waals surface area (Å²) in [6.07, 6.45) is -1.06. The summed E-state index contributed by atoms with van der Waals surface area (Å²) in [6, 6.07) is 0. The molecule has 0 spiro atoms. The molecule has 0 rings (SSSR count). The summed E-state index contributed by atoms with van der Waals surface area (Å²) >= 11 is 0. The molecule has 13 heteroatoms. The van der Waals surface area contributed by atoms with Crippen LogP contribution in [0.1, 0.15) is 25.7 Å². The number of rotatable bonds is 8. The van der Waals surface area contributed by atoms with Crippen LogP contribution in [0.5, 0.6) is 0 Å². The van der Waals surface area contributed by atoms with Crippen LogP contribution < -0.4 is 20.4 Å². The molecule has 0 aliphatic rings. The molecule has 0 aliphatic carbocycles. The van der Waals surface area contributed by atoms with Crippen LogP contribution in [-0.4, -0.2) is 70.7 Å². The standard InChI is InChI=1S/4C3H6O3.Ti/c4*4-2-1-3(5)6;/h4*4H,1-2H2,(H,5,6);/q;;;;+4/p-4. The van der Waals surface area contributed by atoms with Crippen LogP contribution >= 0.6 is 0 Å². The fourth-order valence-electron chi connectivity index (χ4n) is 0.365. The average Bonchev–Trinajstić information content (AvgIpc) is 2.39. The third-order valence-corrected chi connectivity index (χ3v) is 1.26. The molecule has 0 saturated carbocycles. The van der Waals surface area contributed by atoms with E-state index >= 15 is 0 Å². The van der Waals surface area contributed by atoms with Crippen LogP contribution in [0.25, 0.3) is 0 Å². The van der Waals surface area contributed by atoms with Crippen molar-refractivity contribution in [3.8, 4) is 0 Å². The number of hydrogen-bond donors (Lipinski definition) is 4. The van der Waals surface area contributed by atoms with Gasteiger partial charge in [0, 0.05) is 76.0 Å². The Morgan fingerprint density at radius 1 is 0.480 bits per heavy atom. The Kier molecular flexibility index (Phi) is 42.1. The largest absolute Gasteiger partial charge is 4.00 e. The Balaban J connectivity index is -0.0000000702. The molecule has 25 heavy (non-hydrogen) atoms. The average molecular weight is 404 g/mol. The number of hydrogen-bond acceptors (Lipinski definition) is 12. The van der Waals surface area contributed by atoms with E-state index in [0.717, 1.165) is 0 Å². The number of carbonyl (C=O) groups is 4. The van der Waals surface area contributed by atoms with Gasteiger partial charge in [0.2, 0.25) is 0 Å². The summed E-state index contributed by atoms with van der Waals surface area (Å²) in [7, 11) is 0. The first-order valence-corrected chi connectivity index (χ1v) is 6.31. The van der Waals surface area contributed by atoms with Crippen molar-refractivity contribution in [3.63, 3.8) is 0 Å². The SMILES string of the molecule is O=C([O-])CCO.O=C([O-])CCO.O=C([O-])CCO.O=C([O-])CCO.[Ti+4]. The second-order valence-corrected chi connectivity index (χ2v) is 3.38. The maximum Gasteiger partial charge on any atom is 4.00 e. The first-order valence-electron chi connectivity index (χ1n) is 6.31. The Labute approximate surface area is 158 Å². The summed E-state index contributed by atoms with van der Waals surface area (Å²) in [5.74, 6) is -4.84. The van der Waals surface area contributed by atoms with E-state index in [1.165, 1.54) is 0 Å². The monoisotopic (exact) mass is 404 g/mol. The van der Waals surface area contributed by atoms with Gasteiger partial charge in [-0.25, -0.2) is 0 Å². The third-order valence-electron chi connectivity index (χ3n) is 1.26. The van der Waals surface area contributed by atoms with Gasteiger partial charge >= 0.3 is 21.7 Å². The normalized spacial score (nSPS) is 7.84. The van der Waals surface area contributed by atoms with Crippen molar-refractivity contribution in [2.45, 2.75) is 25.7 Å². The molecule has 0 aromatic carbocycles. The predicted molar refractivity (Wildman–Crippen MR) is 66.8 cm³/mol. The molecule has 0 saturated heterocycles. The Morgan fingerprint density at radius 3 is 0.600 bits per heavy atom. The summed E-state index contributed by atoms with van der Waals surface area (Å²) in [6.45, 7) is -1.32. The topological polar surface area (TPSA) is 241 Å². The van der Waals surface area contributed by atoms with Crippen molar-refractivity contribution in [1.82, 2.24) is 0 Å². The Bertz CT molecular complexity index is 270. The summed E-state index contributed by atoms with van der Waals surface area (Å²) in [5, 5.41) is 68.6. The van der Waals surface area contributed by atoms with Crippen LogP contribution in [0.3, 0.4) is 0 Å². The fourth-order valence-corrected chi connectivity index (χ4v) is 0.365. The number of carbonyl (C=O) groups excluding carboxylic acids is 4. The van der Waals surface area contributed by atoms with E-state index in [2.05, 4.69) is 0 Å². The van der Waals surface area contributed by atoms with Gasteiger partial charge < -0.3 is 60.0 Å². The van der Waals surface area contributed by atoms with Gasteiger partial charge in [-0.15, -0.1) is 0 Å². The third kappa shape index (κ3) is 86.0. The van der Waals surface area contributed by atoms with E-state index in [0.29, 0.717) is 0 Å². The summed E-state index contributed by atoms with van der Waals surface area (Å²) in [5.41, 5.74) is 0. The number of carboxylic acid groups (broad SMARTS) is 4. The molecule has 0 aromatic heterocycles. The predicted octanol–water partition coefficient (Wildman–Crippen LogP) is -7.53. The zero-order valence-electron chi connectivity index (χ0n) is 13.2. The Hall–Kier alpha value is -1.57. The summed E-state index contributed by atoms with van der Waals surface area (Å²) in [4.78, 5) is 37.3. The second kappa shape index (κ2) is 30.3. The van der Waals surface area contributed by atoms with E-state index in [1.54, 1.807) is 0 Å². The number of carboxylic acids is 4. The van der Waals surface area contributed by atoms with Gasteiger partial charge in [-0.2, -0.15) is 0 Å². The minimum absolute atomic E-state index is 0. The second-order valence-electron chi connectivity index (χ2n) is 3.38. The van der Waals surface area contributed by atoms with Crippen molar-refractivity contribution in [2.75, 3.05) is 26.4 Å². The van der Waals surface area contributed by atoms with Gasteiger partial charge in [0.25, 0.3) is 0 Å². The van der Waals surface area contributed by atoms with E-state index in [-0.39, 0.29) is 73.8 Å². The number of aliphatic carboxylic acids is 4. The molecule has 0 fully saturated rings. The number of aliphatic hydroxyl groups excluding tert-OH is 4. The zero-order chi connectivity index (χ0) is 20.0. The van der Waals surface area contributed by atoms with E-state index < -0.39 is 23.9 Å².